The molecular formula is C18H20N2O4S2. The Morgan fingerprint density at radius 2 is 1.35 bits per heavy atom. The molecule has 138 valence electrons. The summed E-state index contributed by atoms with van der Waals surface area (Å²) >= 11 is 3.24. The molecule has 0 saturated heterocycles. The summed E-state index contributed by atoms with van der Waals surface area (Å²) in [4.78, 5) is 22.6. The van der Waals surface area contributed by atoms with Crippen LogP contribution in [0.2, 0.25) is 0 Å². The van der Waals surface area contributed by atoms with E-state index in [4.69, 9.17) is 0 Å². The number of nitro groups is 2. The Labute approximate surface area is 160 Å². The highest BCUT2D eigenvalue weighted by atomic mass is 32.2. The van der Waals surface area contributed by atoms with E-state index in [0.29, 0.717) is 0 Å². The Bertz CT molecular complexity index is 738. The molecule has 0 unspecified atom stereocenters. The third kappa shape index (κ3) is 6.68. The van der Waals surface area contributed by atoms with Crippen LogP contribution < -0.4 is 0 Å². The van der Waals surface area contributed by atoms with Crippen molar-refractivity contribution in [1.29, 1.82) is 0 Å². The normalized spacial score (nSPS) is 10.6. The molecule has 0 radical (unpaired) electrons. The van der Waals surface area contributed by atoms with E-state index in [9.17, 15) is 20.2 Å². The first-order chi connectivity index (χ1) is 12.6. The first kappa shape index (κ1) is 20.3. The molecule has 0 amide bonds. The summed E-state index contributed by atoms with van der Waals surface area (Å²) in [5.41, 5.74) is 0.294. The number of nitrogens with zero attached hydrogens (tertiary/aromatic N) is 2. The largest absolute Gasteiger partial charge is 0.282 e. The van der Waals surface area contributed by atoms with Crippen LogP contribution in [0, 0.1) is 20.2 Å². The first-order valence-corrected chi connectivity index (χ1v) is 10.3. The van der Waals surface area contributed by atoms with Gasteiger partial charge in [0.2, 0.25) is 0 Å². The number of para-hydroxylation sites is 1. The van der Waals surface area contributed by atoms with Crippen LogP contribution in [-0.4, -0.2) is 21.4 Å². The van der Waals surface area contributed by atoms with Crippen molar-refractivity contribution in [1.82, 2.24) is 0 Å². The smallest absolute Gasteiger partial charge is 0.258 e. The summed E-state index contributed by atoms with van der Waals surface area (Å²) in [5, 5.41) is 21.6. The van der Waals surface area contributed by atoms with Gasteiger partial charge in [0.15, 0.2) is 0 Å². The molecule has 2 rings (SSSR count). The lowest BCUT2D eigenvalue weighted by Crippen LogP contribution is -1.91. The van der Waals surface area contributed by atoms with Crippen LogP contribution in [0.4, 0.5) is 11.4 Å². The maximum Gasteiger partial charge on any atom is 0.282 e. The van der Waals surface area contributed by atoms with Crippen LogP contribution in [0.1, 0.15) is 25.7 Å². The van der Waals surface area contributed by atoms with Gasteiger partial charge in [0, 0.05) is 23.1 Å². The molecule has 0 heterocycles. The second-order valence-corrected chi connectivity index (χ2v) is 7.89. The monoisotopic (exact) mass is 392 g/mol. The van der Waals surface area contributed by atoms with Crippen molar-refractivity contribution >= 4 is 34.9 Å². The molecule has 2 aromatic rings. The minimum atomic E-state index is -0.392. The Balaban J connectivity index is 1.57. The number of unbranched alkanes of at least 4 members (excludes halogenated alkanes) is 3. The van der Waals surface area contributed by atoms with Crippen LogP contribution in [0.15, 0.2) is 58.3 Å². The SMILES string of the molecule is O=[N+]([O-])c1ccc(SCCCCCCSc2ccccc2[N+](=O)[O-])cc1. The number of thioether (sulfide) groups is 2. The molecule has 0 saturated carbocycles. The topological polar surface area (TPSA) is 86.3 Å². The van der Waals surface area contributed by atoms with Crippen LogP contribution >= 0.6 is 23.5 Å². The fraction of sp³-hybridized carbons (Fsp3) is 0.333. The minimum Gasteiger partial charge on any atom is -0.258 e. The van der Waals surface area contributed by atoms with Gasteiger partial charge >= 0.3 is 0 Å². The third-order valence-corrected chi connectivity index (χ3v) is 5.92. The Morgan fingerprint density at radius 1 is 0.731 bits per heavy atom. The van der Waals surface area contributed by atoms with Crippen LogP contribution in [0.3, 0.4) is 0 Å². The van der Waals surface area contributed by atoms with E-state index >= 15 is 0 Å². The zero-order valence-electron chi connectivity index (χ0n) is 14.2. The summed E-state index contributed by atoms with van der Waals surface area (Å²) in [6, 6.07) is 13.5. The fourth-order valence-corrected chi connectivity index (χ4v) is 4.27. The van der Waals surface area contributed by atoms with Crippen molar-refractivity contribution in [3.05, 3.63) is 68.8 Å². The molecular weight excluding hydrogens is 372 g/mol. The molecule has 0 aliphatic carbocycles. The van der Waals surface area contributed by atoms with Crippen molar-refractivity contribution in [2.24, 2.45) is 0 Å². The van der Waals surface area contributed by atoms with Crippen molar-refractivity contribution in [3.8, 4) is 0 Å². The lowest BCUT2D eigenvalue weighted by molar-refractivity contribution is -0.387. The molecule has 0 aliphatic rings. The van der Waals surface area contributed by atoms with Gasteiger partial charge in [-0.3, -0.25) is 20.2 Å². The average molecular weight is 393 g/mol. The third-order valence-electron chi connectivity index (χ3n) is 3.67. The molecule has 0 aromatic heterocycles. The van der Waals surface area contributed by atoms with E-state index in [0.717, 1.165) is 47.0 Å². The molecule has 8 heteroatoms. The van der Waals surface area contributed by atoms with Gasteiger partial charge in [-0.1, -0.05) is 25.0 Å². The fourth-order valence-electron chi connectivity index (χ4n) is 2.32. The molecule has 0 bridgehead atoms. The molecule has 2 aromatic carbocycles. The summed E-state index contributed by atoms with van der Waals surface area (Å²) in [7, 11) is 0. The van der Waals surface area contributed by atoms with Gasteiger partial charge in [0.1, 0.15) is 0 Å². The molecule has 0 fully saturated rings. The lowest BCUT2D eigenvalue weighted by Gasteiger charge is -2.04. The number of rotatable bonds is 11. The van der Waals surface area contributed by atoms with Gasteiger partial charge < -0.3 is 0 Å². The molecule has 6 nitrogen and oxygen atoms in total. The van der Waals surface area contributed by atoms with Crippen molar-refractivity contribution in [2.75, 3.05) is 11.5 Å². The quantitative estimate of drug-likeness (QED) is 0.203. The van der Waals surface area contributed by atoms with Gasteiger partial charge in [-0.15, -0.1) is 23.5 Å². The first-order valence-electron chi connectivity index (χ1n) is 8.31. The molecule has 0 aliphatic heterocycles. The van der Waals surface area contributed by atoms with E-state index in [1.165, 1.54) is 30.0 Å². The van der Waals surface area contributed by atoms with Crippen LogP contribution in [-0.2, 0) is 0 Å². The lowest BCUT2D eigenvalue weighted by atomic mass is 10.2. The van der Waals surface area contributed by atoms with E-state index in [2.05, 4.69) is 0 Å². The van der Waals surface area contributed by atoms with Gasteiger partial charge in [0.25, 0.3) is 11.4 Å². The van der Waals surface area contributed by atoms with E-state index in [1.807, 2.05) is 6.07 Å². The van der Waals surface area contributed by atoms with Gasteiger partial charge in [-0.05, 0) is 42.5 Å². The van der Waals surface area contributed by atoms with Crippen LogP contribution in [0.25, 0.3) is 0 Å². The number of nitro benzene ring substituents is 2. The predicted octanol–water partition coefficient (Wildman–Crippen LogP) is 5.95. The summed E-state index contributed by atoms with van der Waals surface area (Å²) in [5.74, 6) is 1.86. The highest BCUT2D eigenvalue weighted by molar-refractivity contribution is 7.99. The number of non-ortho nitro benzene ring substituents is 1. The molecule has 0 N–H and O–H groups in total. The molecule has 26 heavy (non-hydrogen) atoms. The average Bonchev–Trinajstić information content (AvgIpc) is 2.64. The van der Waals surface area contributed by atoms with Gasteiger partial charge in [-0.2, -0.15) is 0 Å². The van der Waals surface area contributed by atoms with Gasteiger partial charge in [-0.25, -0.2) is 0 Å². The second-order valence-electron chi connectivity index (χ2n) is 5.59. The maximum absolute atomic E-state index is 11.0. The van der Waals surface area contributed by atoms with Gasteiger partial charge in [0.05, 0.1) is 14.7 Å². The van der Waals surface area contributed by atoms with Crippen LogP contribution in [0.5, 0.6) is 0 Å². The predicted molar refractivity (Wildman–Crippen MR) is 106 cm³/mol. The Hall–Kier alpha value is -2.06. The summed E-state index contributed by atoms with van der Waals surface area (Å²) in [6.07, 6.45) is 4.31. The molecule has 0 atom stereocenters. The summed E-state index contributed by atoms with van der Waals surface area (Å²) < 4.78 is 0. The van der Waals surface area contributed by atoms with Crippen molar-refractivity contribution in [3.63, 3.8) is 0 Å². The molecule has 0 spiro atoms. The van der Waals surface area contributed by atoms with Crippen molar-refractivity contribution in [2.45, 2.75) is 35.5 Å². The Morgan fingerprint density at radius 3 is 1.96 bits per heavy atom. The highest BCUT2D eigenvalue weighted by Gasteiger charge is 2.12. The zero-order chi connectivity index (χ0) is 18.8. The number of hydrogen-bond acceptors (Lipinski definition) is 6. The maximum atomic E-state index is 11.0. The standard InChI is InChI=1S/C18H20N2O4S2/c21-19(22)15-9-11-16(12-10-15)25-13-5-1-2-6-14-26-18-8-4-3-7-17(18)20(23)24/h3-4,7-12H,1-2,5-6,13-14H2. The second kappa shape index (κ2) is 10.8. The van der Waals surface area contributed by atoms with Crippen molar-refractivity contribution < 1.29 is 9.85 Å². The summed E-state index contributed by atoms with van der Waals surface area (Å²) in [6.45, 7) is 0. The van der Waals surface area contributed by atoms with E-state index in [-0.39, 0.29) is 16.3 Å². The highest BCUT2D eigenvalue weighted by Crippen LogP contribution is 2.29. The minimum absolute atomic E-state index is 0.116. The van der Waals surface area contributed by atoms with E-state index in [1.54, 1.807) is 36.0 Å². The van der Waals surface area contributed by atoms with E-state index < -0.39 is 4.92 Å². The zero-order valence-corrected chi connectivity index (χ0v) is 15.8. The number of hydrogen-bond donors (Lipinski definition) is 0. The Kier molecular flexibility index (Phi) is 8.43. The number of benzene rings is 2.